The van der Waals surface area contributed by atoms with E-state index in [1.165, 1.54) is 42.7 Å². The summed E-state index contributed by atoms with van der Waals surface area (Å²) >= 11 is 0. The van der Waals surface area contributed by atoms with Crippen molar-refractivity contribution in [1.82, 2.24) is 10.3 Å². The maximum absolute atomic E-state index is 13.2. The van der Waals surface area contributed by atoms with Gasteiger partial charge in [0.05, 0.1) is 17.9 Å². The summed E-state index contributed by atoms with van der Waals surface area (Å²) in [5, 5.41) is 16.9. The molecule has 35 heavy (non-hydrogen) atoms. The Labute approximate surface area is 202 Å². The van der Waals surface area contributed by atoms with Crippen molar-refractivity contribution in [3.05, 3.63) is 84.2 Å². The van der Waals surface area contributed by atoms with Crippen LogP contribution in [0.2, 0.25) is 0 Å². The molecular weight excluding hydrogens is 470 g/mol. The zero-order valence-corrected chi connectivity index (χ0v) is 19.3. The monoisotopic (exact) mass is 493 g/mol. The van der Waals surface area contributed by atoms with E-state index in [2.05, 4.69) is 25.9 Å². The van der Waals surface area contributed by atoms with Crippen LogP contribution in [0, 0.1) is 0 Å². The molecule has 0 fully saturated rings. The number of carboxylic acids is 1. The van der Waals surface area contributed by atoms with Gasteiger partial charge in [-0.3, -0.25) is 19.6 Å². The predicted octanol–water partition coefficient (Wildman–Crippen LogP) is 2.69. The third kappa shape index (κ3) is 5.82. The number of hydrogen-bond donors (Lipinski definition) is 4. The molecule has 0 spiro atoms. The van der Waals surface area contributed by atoms with E-state index in [-0.39, 0.29) is 10.8 Å². The number of aromatic nitrogens is 1. The van der Waals surface area contributed by atoms with E-state index >= 15 is 0 Å². The molecular formula is C24H23N5O5S. The molecule has 4 rings (SSSR count). The number of carbonyl (C=O) groups excluding carboxylic acids is 1. The van der Waals surface area contributed by atoms with Crippen molar-refractivity contribution in [3.63, 3.8) is 0 Å². The topological polar surface area (TPSA) is 150 Å². The van der Waals surface area contributed by atoms with Crippen LogP contribution in [-0.2, 0) is 14.6 Å². The Morgan fingerprint density at radius 3 is 2.34 bits per heavy atom. The first-order chi connectivity index (χ1) is 16.8. The van der Waals surface area contributed by atoms with Crippen LogP contribution in [0.4, 0.5) is 11.4 Å². The average molecular weight is 494 g/mol. The minimum Gasteiger partial charge on any atom is -0.481 e. The third-order valence-electron chi connectivity index (χ3n) is 5.32. The number of carboxylic acid groups (broad SMARTS) is 1. The molecule has 2 aromatic carbocycles. The summed E-state index contributed by atoms with van der Waals surface area (Å²) in [5.74, 6) is -0.908. The summed E-state index contributed by atoms with van der Waals surface area (Å²) in [6.07, 6.45) is 2.23. The maximum atomic E-state index is 13.2. The molecule has 11 heteroatoms. The van der Waals surface area contributed by atoms with E-state index in [1.807, 2.05) is 0 Å². The second-order valence-electron chi connectivity index (χ2n) is 7.76. The molecule has 10 nitrogen and oxygen atoms in total. The maximum Gasteiger partial charge on any atom is 0.305 e. The fourth-order valence-electron chi connectivity index (χ4n) is 3.55. The van der Waals surface area contributed by atoms with Crippen molar-refractivity contribution in [1.29, 1.82) is 0 Å². The van der Waals surface area contributed by atoms with Crippen LogP contribution in [0.25, 0.3) is 0 Å². The Balaban J connectivity index is 1.46. The number of sulfone groups is 1. The number of nitrogens with zero attached hydrogens (tertiary/aromatic N) is 2. The van der Waals surface area contributed by atoms with Crippen molar-refractivity contribution in [2.45, 2.75) is 16.6 Å². The van der Waals surface area contributed by atoms with Gasteiger partial charge < -0.3 is 21.1 Å². The van der Waals surface area contributed by atoms with Gasteiger partial charge in [-0.15, -0.1) is 0 Å². The summed E-state index contributed by atoms with van der Waals surface area (Å²) < 4.78 is 26.4. The van der Waals surface area contributed by atoms with Gasteiger partial charge in [0.15, 0.2) is 15.8 Å². The van der Waals surface area contributed by atoms with Crippen molar-refractivity contribution >= 4 is 39.0 Å². The molecule has 1 aliphatic heterocycles. The largest absolute Gasteiger partial charge is 0.481 e. The Kier molecular flexibility index (Phi) is 7.06. The number of anilines is 2. The van der Waals surface area contributed by atoms with Crippen LogP contribution >= 0.6 is 0 Å². The second-order valence-corrected chi connectivity index (χ2v) is 9.89. The zero-order chi connectivity index (χ0) is 24.8. The fraction of sp³-hybridized carbons (Fsp3) is 0.167. The number of hydrogen-bond acceptors (Lipinski definition) is 8. The Morgan fingerprint density at radius 1 is 1.03 bits per heavy atom. The van der Waals surface area contributed by atoms with Gasteiger partial charge in [-0.05, 0) is 60.2 Å². The average Bonchev–Trinajstić information content (AvgIpc) is 3.37. The van der Waals surface area contributed by atoms with E-state index in [1.54, 1.807) is 30.3 Å². The minimum absolute atomic E-state index is 0.0514. The summed E-state index contributed by atoms with van der Waals surface area (Å²) in [5.41, 5.74) is 1.90. The highest BCUT2D eigenvalue weighted by Crippen LogP contribution is 2.32. The Morgan fingerprint density at radius 2 is 1.74 bits per heavy atom. The lowest BCUT2D eigenvalue weighted by Gasteiger charge is -2.16. The summed E-state index contributed by atoms with van der Waals surface area (Å²) in [4.78, 5) is 32.0. The highest BCUT2D eigenvalue weighted by Gasteiger charge is 2.31. The van der Waals surface area contributed by atoms with Gasteiger partial charge in [-0.25, -0.2) is 8.42 Å². The van der Waals surface area contributed by atoms with Crippen molar-refractivity contribution in [3.8, 4) is 0 Å². The van der Waals surface area contributed by atoms with E-state index in [0.717, 1.165) is 12.2 Å². The summed E-state index contributed by atoms with van der Waals surface area (Å²) in [6.45, 7) is 1.50. The van der Waals surface area contributed by atoms with Gasteiger partial charge in [0.1, 0.15) is 5.25 Å². The number of pyridine rings is 1. The van der Waals surface area contributed by atoms with E-state index in [9.17, 15) is 23.1 Å². The molecule has 1 amide bonds. The number of carbonyl (C=O) groups is 2. The van der Waals surface area contributed by atoms with Crippen LogP contribution in [-0.4, -0.2) is 49.4 Å². The highest BCUT2D eigenvalue weighted by atomic mass is 32.2. The molecule has 0 saturated carbocycles. The molecule has 2 heterocycles. The van der Waals surface area contributed by atoms with Gasteiger partial charge >= 0.3 is 5.97 Å². The van der Waals surface area contributed by atoms with Crippen LogP contribution in [0.5, 0.6) is 0 Å². The fourth-order valence-corrected chi connectivity index (χ4v) is 5.25. The van der Waals surface area contributed by atoms with Gasteiger partial charge in [0.25, 0.3) is 5.91 Å². The lowest BCUT2D eigenvalue weighted by molar-refractivity contribution is -0.137. The molecule has 1 atom stereocenters. The molecule has 0 bridgehead atoms. The molecule has 0 radical (unpaired) electrons. The number of aliphatic carboxylic acids is 1. The van der Waals surface area contributed by atoms with Crippen molar-refractivity contribution in [2.75, 3.05) is 23.7 Å². The first-order valence-electron chi connectivity index (χ1n) is 10.8. The SMILES string of the molecule is O=C(O)CC(c1cccnc1)S(=O)(=O)c1ccc(NC(=O)c2ccc(NC3=NCCN3)cc2)cc1. The Hall–Kier alpha value is -4.25. The number of guanidine groups is 1. The number of benzene rings is 2. The third-order valence-corrected chi connectivity index (χ3v) is 7.43. The summed E-state index contributed by atoms with van der Waals surface area (Å²) in [7, 11) is -4.02. The standard InChI is InChI=1S/C24H23N5O5S/c30-22(31)14-21(17-2-1-11-25-15-17)35(33,34)20-9-7-18(8-10-20)28-23(32)16-3-5-19(6-4-16)29-24-26-12-13-27-24/h1-11,15,21H,12-14H2,(H,28,32)(H,30,31)(H2,26,27,29). The van der Waals surface area contributed by atoms with Crippen LogP contribution in [0.15, 0.2) is 82.9 Å². The molecule has 0 aliphatic carbocycles. The van der Waals surface area contributed by atoms with Gasteiger partial charge in [0, 0.05) is 35.9 Å². The number of nitrogens with one attached hydrogen (secondary N) is 3. The lowest BCUT2D eigenvalue weighted by atomic mass is 10.1. The molecule has 1 aromatic heterocycles. The van der Waals surface area contributed by atoms with E-state index in [4.69, 9.17) is 0 Å². The predicted molar refractivity (Wildman–Crippen MR) is 131 cm³/mol. The minimum atomic E-state index is -4.02. The van der Waals surface area contributed by atoms with Gasteiger partial charge in [-0.2, -0.15) is 0 Å². The first kappa shape index (κ1) is 23.9. The number of amides is 1. The van der Waals surface area contributed by atoms with Gasteiger partial charge in [-0.1, -0.05) is 6.07 Å². The second kappa shape index (κ2) is 10.3. The first-order valence-corrected chi connectivity index (χ1v) is 12.3. The normalized spacial score (nSPS) is 13.9. The van der Waals surface area contributed by atoms with Crippen LogP contribution in [0.3, 0.4) is 0 Å². The molecule has 3 aromatic rings. The number of rotatable bonds is 8. The van der Waals surface area contributed by atoms with Crippen LogP contribution in [0.1, 0.15) is 27.6 Å². The quantitative estimate of drug-likeness (QED) is 0.374. The summed E-state index contributed by atoms with van der Waals surface area (Å²) in [6, 6.07) is 15.6. The van der Waals surface area contributed by atoms with Gasteiger partial charge in [0.2, 0.25) is 0 Å². The molecule has 1 unspecified atom stereocenters. The highest BCUT2D eigenvalue weighted by molar-refractivity contribution is 7.91. The van der Waals surface area contributed by atoms with E-state index < -0.39 is 27.5 Å². The molecule has 180 valence electrons. The molecule has 4 N–H and O–H groups in total. The lowest BCUT2D eigenvalue weighted by Crippen LogP contribution is -2.26. The molecule has 0 saturated heterocycles. The van der Waals surface area contributed by atoms with Crippen molar-refractivity contribution < 1.29 is 23.1 Å². The molecule has 1 aliphatic rings. The zero-order valence-electron chi connectivity index (χ0n) is 18.5. The van der Waals surface area contributed by atoms with Crippen LogP contribution < -0.4 is 16.0 Å². The van der Waals surface area contributed by atoms with Crippen molar-refractivity contribution in [2.24, 2.45) is 4.99 Å². The Bertz CT molecular complexity index is 1340. The number of aliphatic imine (C=N–C) groups is 1. The van der Waals surface area contributed by atoms with E-state index in [0.29, 0.717) is 29.3 Å². The smallest absolute Gasteiger partial charge is 0.305 e.